The van der Waals surface area contributed by atoms with Crippen LogP contribution in [0.4, 0.5) is 0 Å². The van der Waals surface area contributed by atoms with Crippen molar-refractivity contribution in [1.29, 1.82) is 0 Å². The molecule has 1 heterocycles. The van der Waals surface area contributed by atoms with Crippen LogP contribution < -0.4 is 5.73 Å². The van der Waals surface area contributed by atoms with Gasteiger partial charge in [0.25, 0.3) is 0 Å². The van der Waals surface area contributed by atoms with Gasteiger partial charge in [-0.15, -0.1) is 0 Å². The second-order valence-electron chi connectivity index (χ2n) is 4.52. The third-order valence-corrected chi connectivity index (χ3v) is 4.46. The first kappa shape index (κ1) is 14.4. The predicted molar refractivity (Wildman–Crippen MR) is 65.9 cm³/mol. The second kappa shape index (κ2) is 5.32. The Kier molecular flexibility index (Phi) is 4.51. The fourth-order valence-electron chi connectivity index (χ4n) is 2.04. The highest BCUT2D eigenvalue weighted by Gasteiger charge is 2.32. The maximum Gasteiger partial charge on any atom is 0.239 e. The van der Waals surface area contributed by atoms with E-state index in [0.717, 1.165) is 0 Å². The van der Waals surface area contributed by atoms with Gasteiger partial charge in [-0.25, -0.2) is 8.42 Å². The third kappa shape index (κ3) is 3.40. The normalized spacial score (nSPS) is 24.7. The summed E-state index contributed by atoms with van der Waals surface area (Å²) in [6.45, 7) is 4.85. The second-order valence-corrected chi connectivity index (χ2v) is 6.46. The van der Waals surface area contributed by atoms with Gasteiger partial charge in [0, 0.05) is 25.7 Å². The van der Waals surface area contributed by atoms with Crippen molar-refractivity contribution >= 4 is 15.9 Å². The number of piperazine rings is 1. The minimum atomic E-state index is -3.19. The molecule has 1 saturated heterocycles. The Hall–Kier alpha value is -0.660. The van der Waals surface area contributed by atoms with E-state index in [1.54, 1.807) is 11.8 Å². The highest BCUT2D eigenvalue weighted by atomic mass is 32.2. The standard InChI is InChI=1S/C10H21N3O3S/c1-4-9(11)10(14)12-5-6-13(8(2)7-12)17(3,15)16/h8-9H,4-7,11H2,1-3H3/t8-,9+/m0/s1. The van der Waals surface area contributed by atoms with Crippen LogP contribution in [0.3, 0.4) is 0 Å². The van der Waals surface area contributed by atoms with Crippen LogP contribution >= 0.6 is 0 Å². The first-order chi connectivity index (χ1) is 7.77. The molecule has 0 aromatic heterocycles. The predicted octanol–water partition coefficient (Wildman–Crippen LogP) is -0.784. The smallest absolute Gasteiger partial charge is 0.239 e. The topological polar surface area (TPSA) is 83.7 Å². The summed E-state index contributed by atoms with van der Waals surface area (Å²) in [6.07, 6.45) is 1.79. The summed E-state index contributed by atoms with van der Waals surface area (Å²) in [5.41, 5.74) is 5.69. The van der Waals surface area contributed by atoms with Crippen molar-refractivity contribution in [2.45, 2.75) is 32.4 Å². The molecule has 7 heteroatoms. The summed E-state index contributed by atoms with van der Waals surface area (Å²) >= 11 is 0. The van der Waals surface area contributed by atoms with E-state index in [0.29, 0.717) is 26.1 Å². The van der Waals surface area contributed by atoms with E-state index < -0.39 is 16.1 Å². The molecule has 100 valence electrons. The Morgan fingerprint density at radius 1 is 1.47 bits per heavy atom. The van der Waals surface area contributed by atoms with Crippen LogP contribution in [-0.2, 0) is 14.8 Å². The highest BCUT2D eigenvalue weighted by Crippen LogP contribution is 2.14. The molecule has 0 aromatic carbocycles. The van der Waals surface area contributed by atoms with Crippen LogP contribution in [0.15, 0.2) is 0 Å². The van der Waals surface area contributed by atoms with Crippen molar-refractivity contribution < 1.29 is 13.2 Å². The summed E-state index contributed by atoms with van der Waals surface area (Å²) in [5, 5.41) is 0. The van der Waals surface area contributed by atoms with Crippen LogP contribution in [-0.4, -0.2) is 61.5 Å². The number of rotatable bonds is 3. The molecule has 1 aliphatic rings. The lowest BCUT2D eigenvalue weighted by Gasteiger charge is -2.39. The first-order valence-corrected chi connectivity index (χ1v) is 7.63. The van der Waals surface area contributed by atoms with E-state index in [-0.39, 0.29) is 11.9 Å². The lowest BCUT2D eigenvalue weighted by Crippen LogP contribution is -2.57. The van der Waals surface area contributed by atoms with Gasteiger partial charge in [-0.05, 0) is 13.3 Å². The number of hydrogen-bond donors (Lipinski definition) is 1. The van der Waals surface area contributed by atoms with Gasteiger partial charge in [-0.3, -0.25) is 4.79 Å². The summed E-state index contributed by atoms with van der Waals surface area (Å²) in [7, 11) is -3.19. The van der Waals surface area contributed by atoms with Crippen molar-refractivity contribution in [2.75, 3.05) is 25.9 Å². The molecule has 0 bridgehead atoms. The third-order valence-electron chi connectivity index (χ3n) is 3.06. The Morgan fingerprint density at radius 3 is 2.47 bits per heavy atom. The molecule has 6 nitrogen and oxygen atoms in total. The zero-order valence-corrected chi connectivity index (χ0v) is 11.4. The minimum absolute atomic E-state index is 0.0903. The lowest BCUT2D eigenvalue weighted by molar-refractivity contribution is -0.134. The van der Waals surface area contributed by atoms with Gasteiger partial charge < -0.3 is 10.6 Å². The van der Waals surface area contributed by atoms with Crippen molar-refractivity contribution in [3.63, 3.8) is 0 Å². The number of carbonyl (C=O) groups is 1. The molecular formula is C10H21N3O3S. The van der Waals surface area contributed by atoms with Gasteiger partial charge in [0.2, 0.25) is 15.9 Å². The van der Waals surface area contributed by atoms with Crippen molar-refractivity contribution in [2.24, 2.45) is 5.73 Å². The van der Waals surface area contributed by atoms with E-state index in [1.165, 1.54) is 10.6 Å². The maximum absolute atomic E-state index is 11.9. The zero-order chi connectivity index (χ0) is 13.2. The number of carbonyl (C=O) groups excluding carboxylic acids is 1. The molecule has 1 rings (SSSR count). The molecule has 0 aliphatic carbocycles. The number of nitrogens with two attached hydrogens (primary N) is 1. The summed E-state index contributed by atoms with van der Waals surface area (Å²) < 4.78 is 24.3. The van der Waals surface area contributed by atoms with Crippen LogP contribution in [0.2, 0.25) is 0 Å². The summed E-state index contributed by atoms with van der Waals surface area (Å²) in [6, 6.07) is -0.668. The zero-order valence-electron chi connectivity index (χ0n) is 10.6. The minimum Gasteiger partial charge on any atom is -0.338 e. The van der Waals surface area contributed by atoms with E-state index in [4.69, 9.17) is 5.73 Å². The highest BCUT2D eigenvalue weighted by molar-refractivity contribution is 7.88. The Labute approximate surface area is 103 Å². The summed E-state index contributed by atoms with van der Waals surface area (Å²) in [4.78, 5) is 13.5. The molecular weight excluding hydrogens is 242 g/mol. The molecule has 1 aliphatic heterocycles. The molecule has 2 N–H and O–H groups in total. The van der Waals surface area contributed by atoms with E-state index in [1.807, 2.05) is 6.92 Å². The molecule has 1 fully saturated rings. The van der Waals surface area contributed by atoms with Gasteiger partial charge in [-0.2, -0.15) is 4.31 Å². The van der Waals surface area contributed by atoms with Crippen LogP contribution in [0, 0.1) is 0 Å². The van der Waals surface area contributed by atoms with Crippen molar-refractivity contribution in [3.8, 4) is 0 Å². The molecule has 17 heavy (non-hydrogen) atoms. The molecule has 1 amide bonds. The maximum atomic E-state index is 11.9. The largest absolute Gasteiger partial charge is 0.338 e. The lowest BCUT2D eigenvalue weighted by atomic mass is 10.1. The monoisotopic (exact) mass is 263 g/mol. The summed E-state index contributed by atoms with van der Waals surface area (Å²) in [5.74, 6) is -0.0903. The Balaban J connectivity index is 2.67. The van der Waals surface area contributed by atoms with Gasteiger partial charge in [0.1, 0.15) is 0 Å². The number of nitrogens with zero attached hydrogens (tertiary/aromatic N) is 2. The SMILES string of the molecule is CC[C@@H](N)C(=O)N1CCN(S(C)(=O)=O)[C@@H](C)C1. The Bertz CT molecular complexity index is 382. The molecule has 0 unspecified atom stereocenters. The van der Waals surface area contributed by atoms with Crippen LogP contribution in [0.1, 0.15) is 20.3 Å². The molecule has 0 spiro atoms. The van der Waals surface area contributed by atoms with Crippen molar-refractivity contribution in [3.05, 3.63) is 0 Å². The quantitative estimate of drug-likeness (QED) is 0.723. The fourth-order valence-corrected chi connectivity index (χ4v) is 3.18. The molecule has 0 aromatic rings. The fraction of sp³-hybridized carbons (Fsp3) is 0.900. The van der Waals surface area contributed by atoms with Crippen LogP contribution in [0.5, 0.6) is 0 Å². The molecule has 0 radical (unpaired) electrons. The number of hydrogen-bond acceptors (Lipinski definition) is 4. The van der Waals surface area contributed by atoms with E-state index >= 15 is 0 Å². The van der Waals surface area contributed by atoms with E-state index in [9.17, 15) is 13.2 Å². The Morgan fingerprint density at radius 2 is 2.06 bits per heavy atom. The van der Waals surface area contributed by atoms with E-state index in [2.05, 4.69) is 0 Å². The average Bonchev–Trinajstić information content (AvgIpc) is 2.25. The van der Waals surface area contributed by atoms with Gasteiger partial charge in [0.05, 0.1) is 12.3 Å². The number of amides is 1. The van der Waals surface area contributed by atoms with Crippen LogP contribution in [0.25, 0.3) is 0 Å². The van der Waals surface area contributed by atoms with Gasteiger partial charge in [-0.1, -0.05) is 6.92 Å². The van der Waals surface area contributed by atoms with Gasteiger partial charge in [0.15, 0.2) is 0 Å². The van der Waals surface area contributed by atoms with Crippen molar-refractivity contribution in [1.82, 2.24) is 9.21 Å². The molecule has 0 saturated carbocycles. The average molecular weight is 263 g/mol. The molecule has 2 atom stereocenters. The van der Waals surface area contributed by atoms with Gasteiger partial charge >= 0.3 is 0 Å². The first-order valence-electron chi connectivity index (χ1n) is 5.78. The number of sulfonamides is 1.